The number of anilines is 1. The number of fused-ring (bicyclic) bond motifs is 1. The summed E-state index contributed by atoms with van der Waals surface area (Å²) in [6.07, 6.45) is 4.25. The van der Waals surface area contributed by atoms with Crippen molar-refractivity contribution in [2.24, 2.45) is 0 Å². The topological polar surface area (TPSA) is 83.6 Å². The molecule has 0 saturated heterocycles. The molecular weight excluding hydrogens is 381 g/mol. The Morgan fingerprint density at radius 1 is 1.20 bits per heavy atom. The molecular formula is C23H16FN5O. The van der Waals surface area contributed by atoms with E-state index in [1.807, 2.05) is 43.3 Å². The first kappa shape index (κ1) is 19.0. The van der Waals surface area contributed by atoms with Crippen LogP contribution >= 0.6 is 0 Å². The van der Waals surface area contributed by atoms with Crippen molar-refractivity contribution in [3.8, 4) is 11.9 Å². The van der Waals surface area contributed by atoms with Gasteiger partial charge in [0.1, 0.15) is 17.4 Å². The smallest absolute Gasteiger partial charge is 0.249 e. The van der Waals surface area contributed by atoms with Crippen molar-refractivity contribution in [2.75, 3.05) is 5.32 Å². The van der Waals surface area contributed by atoms with Gasteiger partial charge in [0.15, 0.2) is 11.6 Å². The van der Waals surface area contributed by atoms with Crippen molar-refractivity contribution in [1.82, 2.24) is 14.8 Å². The van der Waals surface area contributed by atoms with E-state index in [-0.39, 0.29) is 17.2 Å². The molecule has 1 N–H and O–H groups in total. The van der Waals surface area contributed by atoms with Gasteiger partial charge in [-0.05, 0) is 48.4 Å². The van der Waals surface area contributed by atoms with Crippen LogP contribution in [0.5, 0.6) is 0 Å². The maximum atomic E-state index is 13.0. The van der Waals surface area contributed by atoms with Crippen LogP contribution < -0.4 is 5.32 Å². The van der Waals surface area contributed by atoms with Crippen LogP contribution in [0.3, 0.4) is 0 Å². The van der Waals surface area contributed by atoms with Crippen molar-refractivity contribution in [3.05, 3.63) is 89.4 Å². The van der Waals surface area contributed by atoms with E-state index >= 15 is 0 Å². The molecule has 2 aromatic carbocycles. The Bertz CT molecular complexity index is 1320. The number of nitrogens with one attached hydrogen (secondary N) is 1. The van der Waals surface area contributed by atoms with E-state index in [0.717, 1.165) is 16.5 Å². The number of hydrogen-bond donors (Lipinski definition) is 1. The molecule has 1 amide bonds. The molecule has 2 aromatic heterocycles. The van der Waals surface area contributed by atoms with Gasteiger partial charge in [-0.2, -0.15) is 15.0 Å². The Labute approximate surface area is 171 Å². The largest absolute Gasteiger partial charge is 0.306 e. The van der Waals surface area contributed by atoms with E-state index < -0.39 is 5.91 Å². The summed E-state index contributed by atoms with van der Waals surface area (Å²) in [6, 6.07) is 17.3. The normalized spacial score (nSPS) is 11.0. The number of amides is 1. The highest BCUT2D eigenvalue weighted by Gasteiger charge is 2.16. The second-order valence-electron chi connectivity index (χ2n) is 6.62. The van der Waals surface area contributed by atoms with Crippen molar-refractivity contribution >= 4 is 28.7 Å². The lowest BCUT2D eigenvalue weighted by Crippen LogP contribution is -2.14. The molecule has 0 unspecified atom stereocenters. The summed E-state index contributed by atoms with van der Waals surface area (Å²) in [7, 11) is 0. The van der Waals surface area contributed by atoms with Gasteiger partial charge in [-0.15, -0.1) is 0 Å². The molecule has 4 aromatic rings. The molecule has 0 bridgehead atoms. The van der Waals surface area contributed by atoms with Crippen LogP contribution in [0.1, 0.15) is 16.7 Å². The van der Waals surface area contributed by atoms with Crippen LogP contribution in [0.15, 0.2) is 66.9 Å². The number of benzene rings is 2. The van der Waals surface area contributed by atoms with Gasteiger partial charge in [0.2, 0.25) is 5.91 Å². The van der Waals surface area contributed by atoms with E-state index in [4.69, 9.17) is 0 Å². The monoisotopic (exact) mass is 397 g/mol. The summed E-state index contributed by atoms with van der Waals surface area (Å²) >= 11 is 0. The van der Waals surface area contributed by atoms with E-state index in [2.05, 4.69) is 15.4 Å². The minimum atomic E-state index is -0.449. The second-order valence-corrected chi connectivity index (χ2v) is 6.62. The summed E-state index contributed by atoms with van der Waals surface area (Å²) in [5.74, 6) is -0.0774. The summed E-state index contributed by atoms with van der Waals surface area (Å²) < 4.78 is 14.4. The Hall–Kier alpha value is -4.31. The van der Waals surface area contributed by atoms with Crippen molar-refractivity contribution < 1.29 is 9.18 Å². The highest BCUT2D eigenvalue weighted by Crippen LogP contribution is 2.23. The molecule has 6 nitrogen and oxygen atoms in total. The Kier molecular flexibility index (Phi) is 5.06. The van der Waals surface area contributed by atoms with Gasteiger partial charge in [-0.1, -0.05) is 30.3 Å². The second kappa shape index (κ2) is 7.97. The Balaban J connectivity index is 1.66. The number of pyridine rings is 1. The van der Waals surface area contributed by atoms with Crippen LogP contribution in [0, 0.1) is 24.1 Å². The summed E-state index contributed by atoms with van der Waals surface area (Å²) in [5.41, 5.74) is 2.67. The van der Waals surface area contributed by atoms with Crippen molar-refractivity contribution in [1.29, 1.82) is 5.26 Å². The molecule has 0 aliphatic heterocycles. The standard InChI is InChI=1S/C23H16FN5O/c1-15-12-21(27-20-5-3-2-4-19(15)20)29-23(17(13-25)14-26-29)28-22(30)11-8-16-6-9-18(24)10-7-16/h2-12,14H,1H3,(H,28,30)/b11-8+. The molecule has 2 heterocycles. The first-order chi connectivity index (χ1) is 14.5. The number of para-hydroxylation sites is 1. The number of hydrogen-bond acceptors (Lipinski definition) is 4. The molecule has 0 radical (unpaired) electrons. The summed E-state index contributed by atoms with van der Waals surface area (Å²) in [5, 5.41) is 17.4. The molecule has 30 heavy (non-hydrogen) atoms. The van der Waals surface area contributed by atoms with E-state index in [9.17, 15) is 14.4 Å². The van der Waals surface area contributed by atoms with Crippen LogP contribution in [0.2, 0.25) is 0 Å². The Morgan fingerprint density at radius 2 is 1.97 bits per heavy atom. The molecule has 0 aliphatic carbocycles. The van der Waals surface area contributed by atoms with Gasteiger partial charge in [0.25, 0.3) is 0 Å². The fourth-order valence-electron chi connectivity index (χ4n) is 3.07. The zero-order valence-electron chi connectivity index (χ0n) is 16.0. The van der Waals surface area contributed by atoms with Gasteiger partial charge < -0.3 is 5.32 Å². The van der Waals surface area contributed by atoms with E-state index in [1.165, 1.54) is 29.1 Å². The maximum Gasteiger partial charge on any atom is 0.249 e. The summed E-state index contributed by atoms with van der Waals surface area (Å²) in [4.78, 5) is 17.0. The van der Waals surface area contributed by atoms with Gasteiger partial charge in [-0.3, -0.25) is 4.79 Å². The number of aryl methyl sites for hydroxylation is 1. The number of rotatable bonds is 4. The molecule has 0 spiro atoms. The van der Waals surface area contributed by atoms with Crippen molar-refractivity contribution in [2.45, 2.75) is 6.92 Å². The quantitative estimate of drug-likeness (QED) is 0.518. The molecule has 0 atom stereocenters. The van der Waals surface area contributed by atoms with Gasteiger partial charge >= 0.3 is 0 Å². The number of carbonyl (C=O) groups excluding carboxylic acids is 1. The molecule has 4 rings (SSSR count). The molecule has 7 heteroatoms. The highest BCUT2D eigenvalue weighted by molar-refractivity contribution is 6.02. The van der Waals surface area contributed by atoms with Gasteiger partial charge in [-0.25, -0.2) is 9.37 Å². The first-order valence-electron chi connectivity index (χ1n) is 9.14. The predicted octanol–water partition coefficient (Wildman–Crippen LogP) is 4.39. The third-order valence-electron chi connectivity index (χ3n) is 4.55. The summed E-state index contributed by atoms with van der Waals surface area (Å²) in [6.45, 7) is 1.96. The fraction of sp³-hybridized carbons (Fsp3) is 0.0435. The predicted molar refractivity (Wildman–Crippen MR) is 112 cm³/mol. The molecule has 146 valence electrons. The van der Waals surface area contributed by atoms with E-state index in [1.54, 1.807) is 18.2 Å². The van der Waals surface area contributed by atoms with Crippen LogP contribution in [-0.2, 0) is 4.79 Å². The van der Waals surface area contributed by atoms with Gasteiger partial charge in [0, 0.05) is 11.5 Å². The molecule has 0 aliphatic rings. The fourth-order valence-corrected chi connectivity index (χ4v) is 3.07. The average Bonchev–Trinajstić information content (AvgIpc) is 3.16. The lowest BCUT2D eigenvalue weighted by atomic mass is 10.1. The Morgan fingerprint density at radius 3 is 2.73 bits per heavy atom. The maximum absolute atomic E-state index is 13.0. The minimum Gasteiger partial charge on any atom is -0.306 e. The van der Waals surface area contributed by atoms with Crippen LogP contribution in [0.25, 0.3) is 22.8 Å². The third-order valence-corrected chi connectivity index (χ3v) is 4.55. The molecule has 0 fully saturated rings. The highest BCUT2D eigenvalue weighted by atomic mass is 19.1. The zero-order valence-corrected chi connectivity index (χ0v) is 16.0. The third kappa shape index (κ3) is 3.80. The lowest BCUT2D eigenvalue weighted by molar-refractivity contribution is -0.111. The minimum absolute atomic E-state index is 0.214. The number of nitriles is 1. The average molecular weight is 397 g/mol. The van der Waals surface area contributed by atoms with Crippen LogP contribution in [0.4, 0.5) is 10.2 Å². The van der Waals surface area contributed by atoms with Crippen molar-refractivity contribution in [3.63, 3.8) is 0 Å². The number of nitrogens with zero attached hydrogens (tertiary/aromatic N) is 4. The van der Waals surface area contributed by atoms with E-state index in [0.29, 0.717) is 11.4 Å². The molecule has 0 saturated carbocycles. The zero-order chi connectivity index (χ0) is 21.1. The number of aromatic nitrogens is 3. The van der Waals surface area contributed by atoms with Gasteiger partial charge in [0.05, 0.1) is 11.7 Å². The number of halogens is 1. The lowest BCUT2D eigenvalue weighted by Gasteiger charge is -2.10. The number of carbonyl (C=O) groups is 1. The van der Waals surface area contributed by atoms with Crippen LogP contribution in [-0.4, -0.2) is 20.7 Å². The SMILES string of the molecule is Cc1cc(-n2ncc(C#N)c2NC(=O)/C=C/c2ccc(F)cc2)nc2ccccc12. The first-order valence-corrected chi connectivity index (χ1v) is 9.14.